The van der Waals surface area contributed by atoms with Crippen molar-refractivity contribution in [2.45, 2.75) is 29.5 Å². The van der Waals surface area contributed by atoms with Crippen LogP contribution in [0, 0.1) is 0 Å². The van der Waals surface area contributed by atoms with E-state index in [1.165, 1.54) is 16.1 Å². The van der Waals surface area contributed by atoms with Crippen molar-refractivity contribution >= 4 is 33.4 Å². The van der Waals surface area contributed by atoms with Gasteiger partial charge in [0.1, 0.15) is 6.04 Å². The maximum absolute atomic E-state index is 13.3. The highest BCUT2D eigenvalue weighted by Gasteiger charge is 2.48. The summed E-state index contributed by atoms with van der Waals surface area (Å²) in [5, 5.41) is 9.16. The van der Waals surface area contributed by atoms with Crippen LogP contribution < -0.4 is 10.4 Å². The molecule has 162 valence electrons. The van der Waals surface area contributed by atoms with Gasteiger partial charge in [0.2, 0.25) is 10.0 Å². The zero-order valence-corrected chi connectivity index (χ0v) is 19.1. The van der Waals surface area contributed by atoms with Crippen LogP contribution in [-0.4, -0.2) is 61.0 Å². The van der Waals surface area contributed by atoms with E-state index in [0.717, 1.165) is 16.8 Å². The van der Waals surface area contributed by atoms with Gasteiger partial charge in [-0.2, -0.15) is 16.1 Å². The average Bonchev–Trinajstić information content (AvgIpc) is 2.72. The number of thioether (sulfide) groups is 1. The minimum Gasteiger partial charge on any atom is -0.378 e. The maximum Gasteiger partial charge on any atom is 0.263 e. The van der Waals surface area contributed by atoms with Crippen LogP contribution in [0.4, 0.5) is 5.69 Å². The zero-order chi connectivity index (χ0) is 22.1. The third-order valence-corrected chi connectivity index (χ3v) is 8.48. The van der Waals surface area contributed by atoms with E-state index < -0.39 is 26.7 Å². The molecule has 1 aliphatic heterocycles. The highest BCUT2D eigenvalue weighted by Crippen LogP contribution is 2.38. The summed E-state index contributed by atoms with van der Waals surface area (Å²) in [4.78, 5) is 14.4. The number of hydroxylamine groups is 1. The van der Waals surface area contributed by atoms with Crippen LogP contribution in [0.25, 0.3) is 11.1 Å². The molecule has 1 saturated heterocycles. The zero-order valence-electron chi connectivity index (χ0n) is 17.5. The van der Waals surface area contributed by atoms with Crippen LogP contribution in [0.15, 0.2) is 53.4 Å². The number of nitrogens with zero attached hydrogens (tertiary/aromatic N) is 2. The van der Waals surface area contributed by atoms with E-state index in [1.807, 2.05) is 43.3 Å². The molecule has 1 aliphatic rings. The lowest BCUT2D eigenvalue weighted by Gasteiger charge is -2.43. The van der Waals surface area contributed by atoms with Crippen LogP contribution in [0.3, 0.4) is 0 Å². The molecule has 30 heavy (non-hydrogen) atoms. The first-order valence-corrected chi connectivity index (χ1v) is 12.0. The highest BCUT2D eigenvalue weighted by atomic mass is 32.2. The van der Waals surface area contributed by atoms with Gasteiger partial charge in [-0.05, 0) is 49.2 Å². The maximum atomic E-state index is 13.3. The van der Waals surface area contributed by atoms with Crippen LogP contribution in [0.2, 0.25) is 0 Å². The number of rotatable bonds is 5. The Kier molecular flexibility index (Phi) is 6.47. The normalized spacial score (nSPS) is 19.3. The molecular formula is C21H27N3O4S2. The van der Waals surface area contributed by atoms with Gasteiger partial charge in [-0.1, -0.05) is 24.3 Å². The molecule has 7 nitrogen and oxygen atoms in total. The quantitative estimate of drug-likeness (QED) is 0.539. The van der Waals surface area contributed by atoms with Crippen LogP contribution in [0.1, 0.15) is 13.8 Å². The molecule has 0 spiro atoms. The van der Waals surface area contributed by atoms with Gasteiger partial charge >= 0.3 is 0 Å². The number of anilines is 1. The molecule has 0 unspecified atom stereocenters. The molecule has 1 fully saturated rings. The Balaban J connectivity index is 1.95. The number of amides is 1. The second-order valence-electron chi connectivity index (χ2n) is 7.92. The molecule has 2 aromatic carbocycles. The molecule has 1 heterocycles. The summed E-state index contributed by atoms with van der Waals surface area (Å²) in [5.74, 6) is -0.162. The lowest BCUT2D eigenvalue weighted by molar-refractivity contribution is -0.134. The van der Waals surface area contributed by atoms with Gasteiger partial charge in [-0.15, -0.1) is 0 Å². The minimum absolute atomic E-state index is 0.119. The molecule has 2 aromatic rings. The van der Waals surface area contributed by atoms with E-state index in [-0.39, 0.29) is 11.4 Å². The predicted octanol–water partition coefficient (Wildman–Crippen LogP) is 2.81. The van der Waals surface area contributed by atoms with Crippen molar-refractivity contribution in [2.75, 3.05) is 31.3 Å². The van der Waals surface area contributed by atoms with E-state index >= 15 is 0 Å². The number of sulfonamides is 1. The smallest absolute Gasteiger partial charge is 0.263 e. The Hall–Kier alpha value is -2.07. The second kappa shape index (κ2) is 8.58. The number of hydrogen-bond acceptors (Lipinski definition) is 6. The van der Waals surface area contributed by atoms with Gasteiger partial charge in [0.15, 0.2) is 0 Å². The van der Waals surface area contributed by atoms with Crippen molar-refractivity contribution in [3.63, 3.8) is 0 Å². The fraction of sp³-hybridized carbons (Fsp3) is 0.381. The predicted molar refractivity (Wildman–Crippen MR) is 120 cm³/mol. The first-order valence-electron chi connectivity index (χ1n) is 9.55. The summed E-state index contributed by atoms with van der Waals surface area (Å²) >= 11 is 1.51. The van der Waals surface area contributed by atoms with Gasteiger partial charge in [-0.3, -0.25) is 10.0 Å². The third kappa shape index (κ3) is 4.34. The summed E-state index contributed by atoms with van der Waals surface area (Å²) in [6, 6.07) is 13.6. The number of nitrogens with one attached hydrogen (secondary N) is 1. The topological polar surface area (TPSA) is 90.0 Å². The Labute approximate surface area is 182 Å². The highest BCUT2D eigenvalue weighted by molar-refractivity contribution is 8.00. The molecule has 0 bridgehead atoms. The lowest BCUT2D eigenvalue weighted by Crippen LogP contribution is -2.61. The van der Waals surface area contributed by atoms with Crippen molar-refractivity contribution in [2.24, 2.45) is 0 Å². The SMILES string of the molecule is CN(C)c1cccc(-c2ccc(S(=O)(=O)N3CCSC(C)(C)[C@@H]3C(=O)NO)cc2)c1. The van der Waals surface area contributed by atoms with Crippen molar-refractivity contribution in [1.82, 2.24) is 9.79 Å². The molecule has 2 N–H and O–H groups in total. The molecule has 1 atom stereocenters. The van der Waals surface area contributed by atoms with E-state index in [1.54, 1.807) is 43.6 Å². The van der Waals surface area contributed by atoms with Crippen molar-refractivity contribution in [3.05, 3.63) is 48.5 Å². The van der Waals surface area contributed by atoms with Crippen molar-refractivity contribution in [3.8, 4) is 11.1 Å². The van der Waals surface area contributed by atoms with Gasteiger partial charge < -0.3 is 4.90 Å². The number of benzene rings is 2. The number of hydrogen-bond donors (Lipinski definition) is 2. The van der Waals surface area contributed by atoms with Crippen molar-refractivity contribution in [1.29, 1.82) is 0 Å². The van der Waals surface area contributed by atoms with Gasteiger partial charge in [-0.25, -0.2) is 13.9 Å². The molecule has 0 aliphatic carbocycles. The van der Waals surface area contributed by atoms with Gasteiger partial charge in [0.05, 0.1) is 4.90 Å². The van der Waals surface area contributed by atoms with E-state index in [9.17, 15) is 13.2 Å². The largest absolute Gasteiger partial charge is 0.378 e. The van der Waals surface area contributed by atoms with Gasteiger partial charge in [0.25, 0.3) is 5.91 Å². The summed E-state index contributed by atoms with van der Waals surface area (Å²) < 4.78 is 27.2. The van der Waals surface area contributed by atoms with Crippen LogP contribution in [-0.2, 0) is 14.8 Å². The number of carbonyl (C=O) groups is 1. The molecular weight excluding hydrogens is 422 g/mol. The van der Waals surface area contributed by atoms with Crippen LogP contribution >= 0.6 is 11.8 Å². The fourth-order valence-electron chi connectivity index (χ4n) is 3.64. The first-order chi connectivity index (χ1) is 14.1. The standard InChI is InChI=1S/C21H27N3O4S2/c1-21(2)19(20(25)22-26)24(12-13-29-21)30(27,28)18-10-8-15(9-11-18)16-6-5-7-17(14-16)23(3)4/h5-11,14,19,26H,12-13H2,1-4H3,(H,22,25)/t19-/m0/s1. The van der Waals surface area contributed by atoms with Crippen molar-refractivity contribution < 1.29 is 18.4 Å². The lowest BCUT2D eigenvalue weighted by atomic mass is 10.0. The molecule has 0 aromatic heterocycles. The molecule has 3 rings (SSSR count). The monoisotopic (exact) mass is 449 g/mol. The Morgan fingerprint density at radius 3 is 2.43 bits per heavy atom. The second-order valence-corrected chi connectivity index (χ2v) is 11.6. The first kappa shape index (κ1) is 22.6. The Morgan fingerprint density at radius 1 is 1.17 bits per heavy atom. The van der Waals surface area contributed by atoms with E-state index in [4.69, 9.17) is 5.21 Å². The average molecular weight is 450 g/mol. The molecule has 1 amide bonds. The van der Waals surface area contributed by atoms with Gasteiger partial charge in [0, 0.05) is 36.8 Å². The molecule has 0 radical (unpaired) electrons. The Morgan fingerprint density at radius 2 is 1.83 bits per heavy atom. The molecule has 9 heteroatoms. The minimum atomic E-state index is -3.92. The summed E-state index contributed by atoms with van der Waals surface area (Å²) in [5.41, 5.74) is 4.56. The van der Waals surface area contributed by atoms with Crippen LogP contribution in [0.5, 0.6) is 0 Å². The summed E-state index contributed by atoms with van der Waals surface area (Å²) in [7, 11) is 0.0107. The summed E-state index contributed by atoms with van der Waals surface area (Å²) in [6.07, 6.45) is 0. The number of carbonyl (C=O) groups excluding carboxylic acids is 1. The third-order valence-electron chi connectivity index (χ3n) is 5.25. The Bertz CT molecular complexity index is 1020. The molecule has 0 saturated carbocycles. The fourth-order valence-corrected chi connectivity index (χ4v) is 6.75. The van der Waals surface area contributed by atoms with E-state index in [0.29, 0.717) is 5.75 Å². The summed E-state index contributed by atoms with van der Waals surface area (Å²) in [6.45, 7) is 3.81. The van der Waals surface area contributed by atoms with E-state index in [2.05, 4.69) is 0 Å².